The van der Waals surface area contributed by atoms with Crippen molar-refractivity contribution in [2.45, 2.75) is 0 Å². The predicted octanol–water partition coefficient (Wildman–Crippen LogP) is 1.23. The van der Waals surface area contributed by atoms with E-state index >= 15 is 0 Å². The quantitative estimate of drug-likeness (QED) is 0.618. The number of hydrogen-bond donors (Lipinski definition) is 2. The third-order valence-corrected chi connectivity index (χ3v) is 2.48. The molecular formula is C11H7FN6O2. The monoisotopic (exact) mass is 274 g/mol. The molecule has 4 N–H and O–H groups in total. The number of nitriles is 1. The molecule has 1 aromatic heterocycles. The van der Waals surface area contributed by atoms with Crippen LogP contribution >= 0.6 is 0 Å². The van der Waals surface area contributed by atoms with Gasteiger partial charge in [0.15, 0.2) is 0 Å². The Labute approximate surface area is 111 Å². The highest BCUT2D eigenvalue weighted by Crippen LogP contribution is 2.30. The number of non-ortho nitro benzene ring substituents is 1. The largest absolute Gasteiger partial charge is 0.382 e. The summed E-state index contributed by atoms with van der Waals surface area (Å²) in [6.07, 6.45) is 0. The lowest BCUT2D eigenvalue weighted by Crippen LogP contribution is -2.06. The molecule has 0 bridgehead atoms. The number of nitro groups is 1. The maximum absolute atomic E-state index is 13.8. The zero-order valence-electron chi connectivity index (χ0n) is 9.87. The molecule has 0 atom stereocenters. The topological polar surface area (TPSA) is 145 Å². The Morgan fingerprint density at radius 1 is 1.35 bits per heavy atom. The van der Waals surface area contributed by atoms with Crippen molar-refractivity contribution in [2.75, 3.05) is 11.5 Å². The number of nitrogen functional groups attached to an aromatic ring is 2. The fourth-order valence-electron chi connectivity index (χ4n) is 1.61. The Morgan fingerprint density at radius 2 is 2.05 bits per heavy atom. The van der Waals surface area contributed by atoms with E-state index in [0.29, 0.717) is 0 Å². The van der Waals surface area contributed by atoms with Crippen LogP contribution in [0.25, 0.3) is 11.3 Å². The van der Waals surface area contributed by atoms with Gasteiger partial charge in [-0.1, -0.05) is 0 Å². The van der Waals surface area contributed by atoms with Crippen LogP contribution in [-0.4, -0.2) is 14.9 Å². The molecule has 8 nitrogen and oxygen atoms in total. The van der Waals surface area contributed by atoms with Crippen LogP contribution in [-0.2, 0) is 0 Å². The molecule has 20 heavy (non-hydrogen) atoms. The molecule has 0 amide bonds. The van der Waals surface area contributed by atoms with Gasteiger partial charge in [0.1, 0.15) is 23.3 Å². The first kappa shape index (κ1) is 13.2. The SMILES string of the molecule is N#Cc1c(N)nc(N)nc1-c1cc([N+](=O)[O-])ccc1F. The highest BCUT2D eigenvalue weighted by atomic mass is 19.1. The third-order valence-electron chi connectivity index (χ3n) is 2.48. The molecule has 2 rings (SSSR count). The van der Waals surface area contributed by atoms with Gasteiger partial charge in [0.05, 0.1) is 10.6 Å². The van der Waals surface area contributed by atoms with Crippen molar-refractivity contribution >= 4 is 17.5 Å². The van der Waals surface area contributed by atoms with Crippen LogP contribution in [0.4, 0.5) is 21.8 Å². The summed E-state index contributed by atoms with van der Waals surface area (Å²) < 4.78 is 13.8. The van der Waals surface area contributed by atoms with Crippen molar-refractivity contribution in [3.63, 3.8) is 0 Å². The van der Waals surface area contributed by atoms with Gasteiger partial charge in [0.2, 0.25) is 5.95 Å². The van der Waals surface area contributed by atoms with Crippen molar-refractivity contribution in [3.05, 3.63) is 39.7 Å². The van der Waals surface area contributed by atoms with Crippen LogP contribution < -0.4 is 11.5 Å². The second kappa shape index (κ2) is 4.77. The molecule has 1 aromatic carbocycles. The molecule has 0 spiro atoms. The van der Waals surface area contributed by atoms with Gasteiger partial charge in [-0.3, -0.25) is 10.1 Å². The normalized spacial score (nSPS) is 10.0. The minimum Gasteiger partial charge on any atom is -0.382 e. The number of benzene rings is 1. The molecule has 0 saturated heterocycles. The second-order valence-electron chi connectivity index (χ2n) is 3.72. The van der Waals surface area contributed by atoms with E-state index in [1.807, 2.05) is 0 Å². The van der Waals surface area contributed by atoms with Gasteiger partial charge in [-0.25, -0.2) is 9.37 Å². The Morgan fingerprint density at radius 3 is 2.65 bits per heavy atom. The number of hydrogen-bond acceptors (Lipinski definition) is 7. The molecule has 0 aliphatic carbocycles. The molecule has 0 aliphatic heterocycles. The minimum absolute atomic E-state index is 0.182. The van der Waals surface area contributed by atoms with Crippen molar-refractivity contribution in [3.8, 4) is 17.3 Å². The number of rotatable bonds is 2. The molecule has 0 unspecified atom stereocenters. The van der Waals surface area contributed by atoms with Crippen LogP contribution in [0.15, 0.2) is 18.2 Å². The smallest absolute Gasteiger partial charge is 0.270 e. The molecule has 9 heteroatoms. The Balaban J connectivity index is 2.77. The van der Waals surface area contributed by atoms with Gasteiger partial charge in [0.25, 0.3) is 5.69 Å². The summed E-state index contributed by atoms with van der Waals surface area (Å²) in [5.74, 6) is -1.27. The maximum atomic E-state index is 13.8. The maximum Gasteiger partial charge on any atom is 0.270 e. The van der Waals surface area contributed by atoms with Gasteiger partial charge in [0, 0.05) is 17.7 Å². The van der Waals surface area contributed by atoms with E-state index < -0.39 is 10.7 Å². The summed E-state index contributed by atoms with van der Waals surface area (Å²) in [4.78, 5) is 17.3. The first-order valence-corrected chi connectivity index (χ1v) is 5.21. The molecule has 0 radical (unpaired) electrons. The van der Waals surface area contributed by atoms with Gasteiger partial charge in [-0.2, -0.15) is 10.2 Å². The van der Waals surface area contributed by atoms with Crippen LogP contribution in [0.3, 0.4) is 0 Å². The van der Waals surface area contributed by atoms with Gasteiger partial charge >= 0.3 is 0 Å². The number of nitro benzene ring substituents is 1. The summed E-state index contributed by atoms with van der Waals surface area (Å²) >= 11 is 0. The van der Waals surface area contributed by atoms with Crippen LogP contribution in [0, 0.1) is 27.3 Å². The van der Waals surface area contributed by atoms with Gasteiger partial charge < -0.3 is 11.5 Å². The van der Waals surface area contributed by atoms with E-state index in [-0.39, 0.29) is 34.3 Å². The average Bonchev–Trinajstić information content (AvgIpc) is 2.38. The third kappa shape index (κ3) is 2.17. The molecule has 1 heterocycles. The number of anilines is 2. The minimum atomic E-state index is -0.787. The van der Waals surface area contributed by atoms with E-state index in [1.54, 1.807) is 6.07 Å². The Kier molecular flexibility index (Phi) is 3.14. The molecule has 0 aliphatic rings. The molecule has 100 valence electrons. The molecule has 0 fully saturated rings. The highest BCUT2D eigenvalue weighted by Gasteiger charge is 2.19. The summed E-state index contributed by atoms with van der Waals surface area (Å²) in [6.45, 7) is 0. The lowest BCUT2D eigenvalue weighted by Gasteiger charge is -2.07. The van der Waals surface area contributed by atoms with Crippen molar-refractivity contribution in [1.29, 1.82) is 5.26 Å². The lowest BCUT2D eigenvalue weighted by molar-refractivity contribution is -0.384. The van der Waals surface area contributed by atoms with Crippen LogP contribution in [0.2, 0.25) is 0 Å². The number of aromatic nitrogens is 2. The molecular weight excluding hydrogens is 267 g/mol. The first-order chi connectivity index (χ1) is 9.43. The van der Waals surface area contributed by atoms with Gasteiger partial charge in [-0.15, -0.1) is 0 Å². The average molecular weight is 274 g/mol. The number of nitrogens with zero attached hydrogens (tertiary/aromatic N) is 4. The summed E-state index contributed by atoms with van der Waals surface area (Å²) in [6, 6.07) is 4.58. The summed E-state index contributed by atoms with van der Waals surface area (Å²) in [5.41, 5.74) is 9.95. The number of nitrogens with two attached hydrogens (primary N) is 2. The van der Waals surface area contributed by atoms with E-state index in [0.717, 1.165) is 18.2 Å². The number of halogens is 1. The zero-order chi connectivity index (χ0) is 14.9. The van der Waals surface area contributed by atoms with Crippen molar-refractivity contribution in [2.24, 2.45) is 0 Å². The Bertz CT molecular complexity index is 755. The van der Waals surface area contributed by atoms with Crippen LogP contribution in [0.1, 0.15) is 5.56 Å². The van der Waals surface area contributed by atoms with E-state index in [9.17, 15) is 14.5 Å². The standard InChI is InChI=1S/C11H7FN6O2/c12-8-2-1-5(18(19)20)3-6(8)9-7(4-13)10(14)17-11(15)16-9/h1-3H,(H4,14,15,16,17). The van der Waals surface area contributed by atoms with E-state index in [4.69, 9.17) is 16.7 Å². The molecule has 0 saturated carbocycles. The summed E-state index contributed by atoms with van der Waals surface area (Å²) in [7, 11) is 0. The van der Waals surface area contributed by atoms with Gasteiger partial charge in [-0.05, 0) is 6.07 Å². The first-order valence-electron chi connectivity index (χ1n) is 5.21. The second-order valence-corrected chi connectivity index (χ2v) is 3.72. The predicted molar refractivity (Wildman–Crippen MR) is 67.6 cm³/mol. The summed E-state index contributed by atoms with van der Waals surface area (Å²) in [5, 5.41) is 19.7. The van der Waals surface area contributed by atoms with Crippen molar-refractivity contribution in [1.82, 2.24) is 9.97 Å². The Hall–Kier alpha value is -3.28. The molecule has 2 aromatic rings. The van der Waals surface area contributed by atoms with Crippen LogP contribution in [0.5, 0.6) is 0 Å². The zero-order valence-corrected chi connectivity index (χ0v) is 9.87. The van der Waals surface area contributed by atoms with E-state index in [1.165, 1.54) is 0 Å². The highest BCUT2D eigenvalue weighted by molar-refractivity contribution is 5.74. The fourth-order valence-corrected chi connectivity index (χ4v) is 1.61. The van der Waals surface area contributed by atoms with Crippen molar-refractivity contribution < 1.29 is 9.31 Å². The lowest BCUT2D eigenvalue weighted by atomic mass is 10.1. The van der Waals surface area contributed by atoms with E-state index in [2.05, 4.69) is 9.97 Å². The fraction of sp³-hybridized carbons (Fsp3) is 0.